The Bertz CT molecular complexity index is 698. The molecule has 116 valence electrons. The quantitative estimate of drug-likeness (QED) is 0.839. The maximum Gasteiger partial charge on any atom is 0.316 e. The molecule has 0 bridgehead atoms. The summed E-state index contributed by atoms with van der Waals surface area (Å²) in [4.78, 5) is 26.5. The Morgan fingerprint density at radius 1 is 1.27 bits per heavy atom. The first-order valence-corrected chi connectivity index (χ1v) is 7.35. The monoisotopic (exact) mass is 301 g/mol. The lowest BCUT2D eigenvalue weighted by Crippen LogP contribution is -2.42. The molecule has 3 rings (SSSR count). The van der Waals surface area contributed by atoms with Crippen LogP contribution < -0.4 is 15.2 Å². The molecule has 2 aromatic heterocycles. The third-order valence-electron chi connectivity index (χ3n) is 3.69. The van der Waals surface area contributed by atoms with Gasteiger partial charge in [0.1, 0.15) is 11.9 Å². The first-order valence-electron chi connectivity index (χ1n) is 7.35. The van der Waals surface area contributed by atoms with Crippen LogP contribution in [-0.2, 0) is 7.05 Å². The van der Waals surface area contributed by atoms with Crippen molar-refractivity contribution in [2.75, 3.05) is 18.0 Å². The van der Waals surface area contributed by atoms with Crippen molar-refractivity contribution < 1.29 is 4.74 Å². The molecular weight excluding hydrogens is 282 g/mol. The van der Waals surface area contributed by atoms with Gasteiger partial charge in [0.2, 0.25) is 0 Å². The van der Waals surface area contributed by atoms with E-state index >= 15 is 0 Å². The molecule has 2 aromatic rings. The van der Waals surface area contributed by atoms with Crippen molar-refractivity contribution in [1.29, 1.82) is 0 Å². The van der Waals surface area contributed by atoms with Gasteiger partial charge in [-0.05, 0) is 25.3 Å². The van der Waals surface area contributed by atoms with Gasteiger partial charge in [0.25, 0.3) is 5.56 Å². The van der Waals surface area contributed by atoms with E-state index in [1.54, 1.807) is 31.8 Å². The molecule has 7 heteroatoms. The predicted octanol–water partition coefficient (Wildman–Crippen LogP) is 0.927. The summed E-state index contributed by atoms with van der Waals surface area (Å²) in [6, 6.07) is 1.96. The van der Waals surface area contributed by atoms with Crippen LogP contribution in [0.3, 0.4) is 0 Å². The van der Waals surface area contributed by atoms with Gasteiger partial charge in [0.15, 0.2) is 0 Å². The van der Waals surface area contributed by atoms with Crippen LogP contribution in [0, 0.1) is 6.92 Å². The average molecular weight is 301 g/mol. The van der Waals surface area contributed by atoms with Crippen LogP contribution in [0.5, 0.6) is 6.01 Å². The van der Waals surface area contributed by atoms with E-state index in [1.807, 2.05) is 6.92 Å². The number of nitrogens with zero attached hydrogens (tertiary/aromatic N) is 5. The fourth-order valence-electron chi connectivity index (χ4n) is 2.46. The van der Waals surface area contributed by atoms with Crippen LogP contribution in [0.2, 0.25) is 0 Å². The molecule has 0 radical (unpaired) electrons. The van der Waals surface area contributed by atoms with E-state index in [4.69, 9.17) is 4.74 Å². The molecule has 1 aliphatic rings. The van der Waals surface area contributed by atoms with E-state index in [2.05, 4.69) is 19.9 Å². The van der Waals surface area contributed by atoms with E-state index in [9.17, 15) is 4.79 Å². The van der Waals surface area contributed by atoms with Crippen molar-refractivity contribution in [3.05, 3.63) is 40.7 Å². The number of rotatable bonds is 3. The van der Waals surface area contributed by atoms with Crippen LogP contribution in [0.1, 0.15) is 18.4 Å². The van der Waals surface area contributed by atoms with Gasteiger partial charge >= 0.3 is 6.01 Å². The molecule has 1 unspecified atom stereocenters. The highest BCUT2D eigenvalue weighted by Crippen LogP contribution is 2.19. The van der Waals surface area contributed by atoms with Gasteiger partial charge in [-0.15, -0.1) is 0 Å². The average Bonchev–Trinajstić information content (AvgIpc) is 2.53. The fourth-order valence-corrected chi connectivity index (χ4v) is 2.46. The van der Waals surface area contributed by atoms with E-state index in [0.717, 1.165) is 24.9 Å². The standard InChI is InChI=1S/C15H19N5O2/c1-11-7-16-15(17-8-11)22-12-4-3-5-20(9-12)13-6-14(21)19(2)10-18-13/h6-8,10,12H,3-5,9H2,1-2H3. The molecular formula is C15H19N5O2. The zero-order valence-electron chi connectivity index (χ0n) is 12.8. The summed E-state index contributed by atoms with van der Waals surface area (Å²) < 4.78 is 7.30. The molecule has 0 aliphatic carbocycles. The molecule has 0 N–H and O–H groups in total. The lowest BCUT2D eigenvalue weighted by molar-refractivity contribution is 0.164. The Hall–Kier alpha value is -2.44. The molecule has 1 atom stereocenters. The van der Waals surface area contributed by atoms with Gasteiger partial charge in [0.05, 0.1) is 12.9 Å². The van der Waals surface area contributed by atoms with Crippen molar-refractivity contribution in [3.8, 4) is 6.01 Å². The molecule has 1 saturated heterocycles. The molecule has 0 saturated carbocycles. The summed E-state index contributed by atoms with van der Waals surface area (Å²) in [7, 11) is 1.69. The van der Waals surface area contributed by atoms with Gasteiger partial charge in [-0.3, -0.25) is 4.79 Å². The third-order valence-corrected chi connectivity index (χ3v) is 3.69. The summed E-state index contributed by atoms with van der Waals surface area (Å²) in [6.45, 7) is 3.49. The van der Waals surface area contributed by atoms with E-state index in [1.165, 1.54) is 4.57 Å². The molecule has 22 heavy (non-hydrogen) atoms. The van der Waals surface area contributed by atoms with E-state index in [0.29, 0.717) is 18.4 Å². The molecule has 1 fully saturated rings. The van der Waals surface area contributed by atoms with Crippen molar-refractivity contribution in [1.82, 2.24) is 19.5 Å². The minimum Gasteiger partial charge on any atom is -0.458 e. The number of anilines is 1. The van der Waals surface area contributed by atoms with Crippen LogP contribution >= 0.6 is 0 Å². The molecule has 1 aliphatic heterocycles. The Morgan fingerprint density at radius 3 is 2.77 bits per heavy atom. The van der Waals surface area contributed by atoms with Crippen LogP contribution in [-0.4, -0.2) is 38.7 Å². The van der Waals surface area contributed by atoms with E-state index in [-0.39, 0.29) is 11.7 Å². The van der Waals surface area contributed by atoms with Gasteiger partial charge in [-0.2, -0.15) is 0 Å². The van der Waals surface area contributed by atoms with Crippen molar-refractivity contribution in [2.45, 2.75) is 25.9 Å². The van der Waals surface area contributed by atoms with Crippen LogP contribution in [0.25, 0.3) is 0 Å². The number of hydrogen-bond donors (Lipinski definition) is 0. The van der Waals surface area contributed by atoms with Gasteiger partial charge < -0.3 is 14.2 Å². The highest BCUT2D eigenvalue weighted by Gasteiger charge is 2.23. The highest BCUT2D eigenvalue weighted by atomic mass is 16.5. The second-order valence-corrected chi connectivity index (χ2v) is 5.57. The number of piperidine rings is 1. The Balaban J connectivity index is 1.69. The molecule has 3 heterocycles. The summed E-state index contributed by atoms with van der Waals surface area (Å²) in [5.74, 6) is 0.696. The normalized spacial score (nSPS) is 18.3. The smallest absolute Gasteiger partial charge is 0.316 e. The summed E-state index contributed by atoms with van der Waals surface area (Å²) >= 11 is 0. The first kappa shape index (κ1) is 14.5. The molecule has 7 nitrogen and oxygen atoms in total. The number of ether oxygens (including phenoxy) is 1. The van der Waals surface area contributed by atoms with Gasteiger partial charge in [-0.1, -0.05) is 0 Å². The summed E-state index contributed by atoms with van der Waals surface area (Å²) in [5.41, 5.74) is 0.942. The van der Waals surface area contributed by atoms with Gasteiger partial charge in [0, 0.05) is 32.1 Å². The van der Waals surface area contributed by atoms with Crippen molar-refractivity contribution in [2.24, 2.45) is 7.05 Å². The largest absolute Gasteiger partial charge is 0.458 e. The number of hydrogen-bond acceptors (Lipinski definition) is 6. The maximum atomic E-state index is 11.7. The second kappa shape index (κ2) is 6.13. The molecule has 0 aromatic carbocycles. The minimum atomic E-state index is -0.0603. The number of aryl methyl sites for hydroxylation is 2. The van der Waals surface area contributed by atoms with Crippen molar-refractivity contribution in [3.63, 3.8) is 0 Å². The molecule has 0 amide bonds. The zero-order chi connectivity index (χ0) is 15.5. The number of aromatic nitrogens is 4. The van der Waals surface area contributed by atoms with Crippen LogP contribution in [0.4, 0.5) is 5.82 Å². The van der Waals surface area contributed by atoms with E-state index < -0.39 is 0 Å². The summed E-state index contributed by atoms with van der Waals surface area (Å²) in [6.07, 6.45) is 6.95. The predicted molar refractivity (Wildman–Crippen MR) is 82.1 cm³/mol. The minimum absolute atomic E-state index is 0.00214. The first-order chi connectivity index (χ1) is 10.6. The second-order valence-electron chi connectivity index (χ2n) is 5.57. The topological polar surface area (TPSA) is 73.1 Å². The Morgan fingerprint density at radius 2 is 2.05 bits per heavy atom. The SMILES string of the molecule is Cc1cnc(OC2CCCN(c3cc(=O)n(C)cn3)C2)nc1. The molecule has 0 spiro atoms. The Kier molecular flexibility index (Phi) is 4.04. The fraction of sp³-hybridized carbons (Fsp3) is 0.467. The van der Waals surface area contributed by atoms with Gasteiger partial charge in [-0.25, -0.2) is 15.0 Å². The van der Waals surface area contributed by atoms with Crippen LogP contribution in [0.15, 0.2) is 29.6 Å². The van der Waals surface area contributed by atoms with Crippen molar-refractivity contribution >= 4 is 5.82 Å². The third kappa shape index (κ3) is 3.24. The maximum absolute atomic E-state index is 11.7. The Labute approximate surface area is 128 Å². The highest BCUT2D eigenvalue weighted by molar-refractivity contribution is 5.37. The lowest BCUT2D eigenvalue weighted by atomic mass is 10.1. The summed E-state index contributed by atoms with van der Waals surface area (Å²) in [5, 5.41) is 0. The zero-order valence-corrected chi connectivity index (χ0v) is 12.8. The lowest BCUT2D eigenvalue weighted by Gasteiger charge is -2.33.